The second kappa shape index (κ2) is 4.32. The maximum absolute atomic E-state index is 11.9. The normalized spacial score (nSPS) is 12.3. The molecule has 2 N–H and O–H groups in total. The first-order chi connectivity index (χ1) is 6.84. The Labute approximate surface area is 90.3 Å². The molecule has 0 bridgehead atoms. The van der Waals surface area contributed by atoms with E-state index in [4.69, 9.17) is 0 Å². The Bertz CT molecular complexity index is 415. The number of H-pyrrole nitrogens is 1. The number of nitrogens with zero attached hydrogens (tertiary/aromatic N) is 1. The molecule has 1 heterocycles. The average molecular weight is 231 g/mol. The Balaban J connectivity index is 2.96. The lowest BCUT2D eigenvalue weighted by atomic mass is 10.2. The van der Waals surface area contributed by atoms with Crippen LogP contribution in [0.1, 0.15) is 25.2 Å². The molecule has 15 heavy (non-hydrogen) atoms. The fourth-order valence-corrected chi connectivity index (χ4v) is 2.87. The molecule has 0 atom stereocenters. The van der Waals surface area contributed by atoms with E-state index in [2.05, 4.69) is 14.9 Å². The summed E-state index contributed by atoms with van der Waals surface area (Å²) in [6.45, 7) is 7.72. The number of aromatic nitrogens is 2. The number of hydrogen-bond acceptors (Lipinski definition) is 3. The predicted molar refractivity (Wildman–Crippen MR) is 58.1 cm³/mol. The molecule has 0 aliphatic carbocycles. The van der Waals surface area contributed by atoms with Crippen molar-refractivity contribution < 1.29 is 8.42 Å². The average Bonchev–Trinajstić information content (AvgIpc) is 2.43. The zero-order chi connectivity index (χ0) is 11.6. The molecule has 86 valence electrons. The van der Waals surface area contributed by atoms with Crippen molar-refractivity contribution in [3.05, 3.63) is 11.4 Å². The van der Waals surface area contributed by atoms with Crippen LogP contribution in [0.3, 0.4) is 0 Å². The molecule has 0 fully saturated rings. The van der Waals surface area contributed by atoms with Crippen LogP contribution in [-0.4, -0.2) is 25.2 Å². The Hall–Kier alpha value is -0.880. The second-order valence-corrected chi connectivity index (χ2v) is 5.71. The molecule has 0 aliphatic rings. The number of nitrogens with one attached hydrogen (secondary N) is 2. The lowest BCUT2D eigenvalue weighted by Gasteiger charge is -2.08. The summed E-state index contributed by atoms with van der Waals surface area (Å²) < 4.78 is 26.3. The van der Waals surface area contributed by atoms with E-state index >= 15 is 0 Å². The van der Waals surface area contributed by atoms with Crippen molar-refractivity contribution in [3.8, 4) is 0 Å². The molecule has 1 aromatic heterocycles. The van der Waals surface area contributed by atoms with Crippen molar-refractivity contribution >= 4 is 10.0 Å². The van der Waals surface area contributed by atoms with Gasteiger partial charge in [-0.2, -0.15) is 5.10 Å². The highest BCUT2D eigenvalue weighted by Crippen LogP contribution is 2.16. The highest BCUT2D eigenvalue weighted by molar-refractivity contribution is 7.89. The van der Waals surface area contributed by atoms with Crippen molar-refractivity contribution in [1.29, 1.82) is 0 Å². The van der Waals surface area contributed by atoms with E-state index in [0.29, 0.717) is 17.9 Å². The molecule has 0 spiro atoms. The molecule has 0 unspecified atom stereocenters. The first-order valence-corrected chi connectivity index (χ1v) is 6.34. The van der Waals surface area contributed by atoms with Crippen molar-refractivity contribution in [2.24, 2.45) is 5.92 Å². The summed E-state index contributed by atoms with van der Waals surface area (Å²) >= 11 is 0. The van der Waals surface area contributed by atoms with Gasteiger partial charge in [0.1, 0.15) is 4.90 Å². The molecule has 5 nitrogen and oxygen atoms in total. The molecule has 0 amide bonds. The zero-order valence-corrected chi connectivity index (χ0v) is 10.3. The Morgan fingerprint density at radius 3 is 2.40 bits per heavy atom. The van der Waals surface area contributed by atoms with Gasteiger partial charge < -0.3 is 0 Å². The minimum absolute atomic E-state index is 0.267. The van der Waals surface area contributed by atoms with Crippen LogP contribution < -0.4 is 4.72 Å². The molecule has 0 radical (unpaired) electrons. The fraction of sp³-hybridized carbons (Fsp3) is 0.667. The minimum Gasteiger partial charge on any atom is -0.281 e. The molecular weight excluding hydrogens is 214 g/mol. The number of sulfonamides is 1. The van der Waals surface area contributed by atoms with Gasteiger partial charge in [-0.05, 0) is 19.8 Å². The fourth-order valence-electron chi connectivity index (χ4n) is 1.29. The molecule has 1 aromatic rings. The van der Waals surface area contributed by atoms with Crippen LogP contribution in [-0.2, 0) is 10.0 Å². The summed E-state index contributed by atoms with van der Waals surface area (Å²) in [5, 5.41) is 6.53. The molecule has 0 saturated carbocycles. The lowest BCUT2D eigenvalue weighted by Crippen LogP contribution is -2.28. The molecule has 0 aromatic carbocycles. The van der Waals surface area contributed by atoms with E-state index < -0.39 is 10.0 Å². The highest BCUT2D eigenvalue weighted by Gasteiger charge is 2.21. The van der Waals surface area contributed by atoms with Gasteiger partial charge in [-0.1, -0.05) is 13.8 Å². The van der Waals surface area contributed by atoms with Crippen LogP contribution in [0.5, 0.6) is 0 Å². The second-order valence-electron chi connectivity index (χ2n) is 4.01. The monoisotopic (exact) mass is 231 g/mol. The van der Waals surface area contributed by atoms with Gasteiger partial charge in [0.2, 0.25) is 10.0 Å². The van der Waals surface area contributed by atoms with Crippen molar-refractivity contribution in [1.82, 2.24) is 14.9 Å². The van der Waals surface area contributed by atoms with Gasteiger partial charge in [-0.25, -0.2) is 13.1 Å². The third kappa shape index (κ3) is 2.79. The maximum atomic E-state index is 11.9. The lowest BCUT2D eigenvalue weighted by molar-refractivity contribution is 0.559. The zero-order valence-electron chi connectivity index (χ0n) is 9.46. The van der Waals surface area contributed by atoms with Gasteiger partial charge >= 0.3 is 0 Å². The Morgan fingerprint density at radius 2 is 2.00 bits per heavy atom. The third-order valence-corrected chi connectivity index (χ3v) is 3.70. The summed E-state index contributed by atoms with van der Waals surface area (Å²) in [7, 11) is -3.42. The summed E-state index contributed by atoms with van der Waals surface area (Å²) in [6, 6.07) is 0. The van der Waals surface area contributed by atoms with Gasteiger partial charge in [-0.15, -0.1) is 0 Å². The Kier molecular flexibility index (Phi) is 3.51. The van der Waals surface area contributed by atoms with Crippen LogP contribution in [0.4, 0.5) is 0 Å². The SMILES string of the molecule is Cc1n[nH]c(C)c1S(=O)(=O)NCC(C)C. The molecule has 0 saturated heterocycles. The first-order valence-electron chi connectivity index (χ1n) is 4.86. The van der Waals surface area contributed by atoms with Gasteiger partial charge in [0, 0.05) is 6.54 Å². The van der Waals surface area contributed by atoms with Crippen LogP contribution in [0.2, 0.25) is 0 Å². The van der Waals surface area contributed by atoms with E-state index in [1.165, 1.54) is 0 Å². The quantitative estimate of drug-likeness (QED) is 0.810. The molecule has 0 aliphatic heterocycles. The summed E-state index contributed by atoms with van der Waals surface area (Å²) in [6.07, 6.45) is 0. The van der Waals surface area contributed by atoms with Gasteiger partial charge in [-0.3, -0.25) is 5.10 Å². The van der Waals surface area contributed by atoms with E-state index in [9.17, 15) is 8.42 Å². The van der Waals surface area contributed by atoms with Crippen molar-refractivity contribution in [3.63, 3.8) is 0 Å². The topological polar surface area (TPSA) is 74.8 Å². The van der Waals surface area contributed by atoms with Crippen LogP contribution >= 0.6 is 0 Å². The minimum atomic E-state index is -3.42. The van der Waals surface area contributed by atoms with E-state index in [-0.39, 0.29) is 10.8 Å². The van der Waals surface area contributed by atoms with E-state index in [1.54, 1.807) is 13.8 Å². The summed E-state index contributed by atoms with van der Waals surface area (Å²) in [5.41, 5.74) is 1.08. The van der Waals surface area contributed by atoms with Crippen LogP contribution in [0.15, 0.2) is 4.90 Å². The molecular formula is C9H17N3O2S. The maximum Gasteiger partial charge on any atom is 0.244 e. The smallest absolute Gasteiger partial charge is 0.244 e. The van der Waals surface area contributed by atoms with Gasteiger partial charge in [0.25, 0.3) is 0 Å². The number of rotatable bonds is 4. The predicted octanol–water partition coefficient (Wildman–Crippen LogP) is 0.961. The van der Waals surface area contributed by atoms with E-state index in [0.717, 1.165) is 0 Å². The van der Waals surface area contributed by atoms with Crippen LogP contribution in [0, 0.1) is 19.8 Å². The largest absolute Gasteiger partial charge is 0.281 e. The van der Waals surface area contributed by atoms with Crippen molar-refractivity contribution in [2.75, 3.05) is 6.54 Å². The van der Waals surface area contributed by atoms with Crippen molar-refractivity contribution in [2.45, 2.75) is 32.6 Å². The summed E-state index contributed by atoms with van der Waals surface area (Å²) in [4.78, 5) is 0.267. The standard InChI is InChI=1S/C9H17N3O2S/c1-6(2)5-10-15(13,14)9-7(3)11-12-8(9)4/h6,10H,5H2,1-4H3,(H,11,12). The third-order valence-electron chi connectivity index (χ3n) is 2.01. The first kappa shape index (κ1) is 12.2. The molecule has 1 rings (SSSR count). The molecule has 6 heteroatoms. The Morgan fingerprint density at radius 1 is 1.40 bits per heavy atom. The van der Waals surface area contributed by atoms with Crippen LogP contribution in [0.25, 0.3) is 0 Å². The van der Waals surface area contributed by atoms with Gasteiger partial charge in [0.15, 0.2) is 0 Å². The summed E-state index contributed by atoms with van der Waals surface area (Å²) in [5.74, 6) is 0.285. The number of aryl methyl sites for hydroxylation is 2. The number of hydrogen-bond donors (Lipinski definition) is 2. The van der Waals surface area contributed by atoms with E-state index in [1.807, 2.05) is 13.8 Å². The van der Waals surface area contributed by atoms with Gasteiger partial charge in [0.05, 0.1) is 11.4 Å². The highest BCUT2D eigenvalue weighted by atomic mass is 32.2. The number of aromatic amines is 1.